The zero-order valence-electron chi connectivity index (χ0n) is 19.0. The van der Waals surface area contributed by atoms with E-state index < -0.39 is 0 Å². The highest BCUT2D eigenvalue weighted by Gasteiger charge is 2.13. The number of nitrogens with zero attached hydrogens (tertiary/aromatic N) is 3. The van der Waals surface area contributed by atoms with Crippen LogP contribution in [0.3, 0.4) is 0 Å². The lowest BCUT2D eigenvalue weighted by Crippen LogP contribution is -2.38. The Labute approximate surface area is 193 Å². The van der Waals surface area contributed by atoms with Crippen LogP contribution < -0.4 is 10.6 Å². The molecule has 2 aromatic heterocycles. The van der Waals surface area contributed by atoms with E-state index in [0.29, 0.717) is 12.1 Å². The number of rotatable bonds is 8. The number of carbonyl (C=O) groups is 1. The Hall–Kier alpha value is -3.97. The first-order valence-corrected chi connectivity index (χ1v) is 10.9. The van der Waals surface area contributed by atoms with Gasteiger partial charge in [0.2, 0.25) is 0 Å². The lowest BCUT2D eigenvalue weighted by molar-refractivity contribution is 0.0944. The average molecular weight is 441 g/mol. The second-order valence-corrected chi connectivity index (χ2v) is 8.15. The summed E-state index contributed by atoms with van der Waals surface area (Å²) in [5.41, 5.74) is 4.85. The Morgan fingerprint density at radius 2 is 1.91 bits per heavy atom. The molecule has 7 heteroatoms. The first-order chi connectivity index (χ1) is 16.0. The van der Waals surface area contributed by atoms with Crippen molar-refractivity contribution in [2.75, 3.05) is 26.0 Å². The van der Waals surface area contributed by atoms with E-state index in [0.717, 1.165) is 33.7 Å². The fraction of sp³-hybridized carbons (Fsp3) is 0.192. The zero-order valence-corrected chi connectivity index (χ0v) is 19.0. The number of hydrogen-bond donors (Lipinski definition) is 3. The van der Waals surface area contributed by atoms with Crippen molar-refractivity contribution in [1.82, 2.24) is 25.4 Å². The van der Waals surface area contributed by atoms with Gasteiger partial charge in [0.1, 0.15) is 0 Å². The fourth-order valence-electron chi connectivity index (χ4n) is 3.35. The molecular weight excluding hydrogens is 412 g/mol. The molecule has 168 valence electrons. The number of amides is 1. The number of nitrogens with one attached hydrogen (secondary N) is 3. The van der Waals surface area contributed by atoms with Crippen molar-refractivity contribution in [3.8, 4) is 0 Å². The minimum Gasteiger partial charge on any atom is -0.355 e. The van der Waals surface area contributed by atoms with Gasteiger partial charge in [-0.3, -0.25) is 14.9 Å². The number of aromatic amines is 1. The lowest BCUT2D eigenvalue weighted by atomic mass is 10.1. The number of para-hydroxylation sites is 1. The Kier molecular flexibility index (Phi) is 6.80. The molecule has 0 saturated carbocycles. The molecule has 2 heterocycles. The number of H-pyrrole nitrogens is 1. The summed E-state index contributed by atoms with van der Waals surface area (Å²) < 4.78 is 0. The van der Waals surface area contributed by atoms with Gasteiger partial charge in [-0.25, -0.2) is 0 Å². The number of fused-ring (bicyclic) bond motifs is 1. The summed E-state index contributed by atoms with van der Waals surface area (Å²) in [4.78, 5) is 19.2. The molecular formula is C26H28N6O. The van der Waals surface area contributed by atoms with E-state index in [1.165, 1.54) is 0 Å². The molecule has 4 aromatic rings. The number of likely N-dealkylation sites (N-methyl/N-ethyl adjacent to an activating group) is 1. The predicted octanol–water partition coefficient (Wildman–Crippen LogP) is 4.55. The minimum atomic E-state index is -0.101. The summed E-state index contributed by atoms with van der Waals surface area (Å²) >= 11 is 0. The molecule has 0 aliphatic carbocycles. The van der Waals surface area contributed by atoms with Gasteiger partial charge >= 0.3 is 0 Å². The Morgan fingerprint density at radius 3 is 2.70 bits per heavy atom. The average Bonchev–Trinajstić information content (AvgIpc) is 3.24. The Morgan fingerprint density at radius 1 is 1.09 bits per heavy atom. The molecule has 1 amide bonds. The molecule has 3 N–H and O–H groups in total. The number of benzene rings is 2. The molecule has 0 saturated heterocycles. The highest BCUT2D eigenvalue weighted by Crippen LogP contribution is 2.26. The van der Waals surface area contributed by atoms with E-state index in [-0.39, 0.29) is 11.9 Å². The maximum Gasteiger partial charge on any atom is 0.253 e. The van der Waals surface area contributed by atoms with E-state index in [1.807, 2.05) is 86.9 Å². The normalized spacial score (nSPS) is 12.4. The monoisotopic (exact) mass is 440 g/mol. The van der Waals surface area contributed by atoms with Gasteiger partial charge in [-0.05, 0) is 75.6 Å². The smallest absolute Gasteiger partial charge is 0.253 e. The van der Waals surface area contributed by atoms with Crippen LogP contribution in [0.1, 0.15) is 28.7 Å². The van der Waals surface area contributed by atoms with Crippen LogP contribution in [0.25, 0.3) is 23.1 Å². The molecule has 0 bridgehead atoms. The highest BCUT2D eigenvalue weighted by molar-refractivity contribution is 6.00. The van der Waals surface area contributed by atoms with E-state index in [4.69, 9.17) is 0 Å². The van der Waals surface area contributed by atoms with E-state index in [9.17, 15) is 4.79 Å². The van der Waals surface area contributed by atoms with Crippen LogP contribution >= 0.6 is 0 Å². The number of carbonyl (C=O) groups excluding carboxylic acids is 1. The van der Waals surface area contributed by atoms with E-state index in [2.05, 4.69) is 37.6 Å². The highest BCUT2D eigenvalue weighted by atomic mass is 16.1. The molecule has 4 rings (SSSR count). The number of anilines is 2. The second-order valence-electron chi connectivity index (χ2n) is 8.15. The van der Waals surface area contributed by atoms with E-state index in [1.54, 1.807) is 6.20 Å². The topological polar surface area (TPSA) is 85.9 Å². The van der Waals surface area contributed by atoms with Gasteiger partial charge in [0, 0.05) is 29.9 Å². The van der Waals surface area contributed by atoms with Crippen LogP contribution in [-0.4, -0.2) is 52.7 Å². The van der Waals surface area contributed by atoms with Gasteiger partial charge in [0.15, 0.2) is 0 Å². The van der Waals surface area contributed by atoms with Crippen molar-refractivity contribution < 1.29 is 4.79 Å². The summed E-state index contributed by atoms with van der Waals surface area (Å²) in [6.45, 7) is 2.65. The van der Waals surface area contributed by atoms with Gasteiger partial charge < -0.3 is 15.5 Å². The van der Waals surface area contributed by atoms with Crippen LogP contribution in [-0.2, 0) is 0 Å². The van der Waals surface area contributed by atoms with Crippen molar-refractivity contribution in [3.05, 3.63) is 83.8 Å². The molecule has 0 spiro atoms. The first kappa shape index (κ1) is 22.2. The molecule has 2 aromatic carbocycles. The molecule has 1 unspecified atom stereocenters. The fourth-order valence-corrected chi connectivity index (χ4v) is 3.35. The van der Waals surface area contributed by atoms with E-state index >= 15 is 0 Å². The summed E-state index contributed by atoms with van der Waals surface area (Å²) in [5.74, 6) is -0.101. The quantitative estimate of drug-likeness (QED) is 0.374. The van der Waals surface area contributed by atoms with Crippen LogP contribution in [0.2, 0.25) is 0 Å². The molecule has 0 fully saturated rings. The molecule has 0 radical (unpaired) electrons. The van der Waals surface area contributed by atoms with Gasteiger partial charge in [-0.2, -0.15) is 5.10 Å². The Balaban J connectivity index is 1.51. The summed E-state index contributed by atoms with van der Waals surface area (Å²) in [5, 5.41) is 14.9. The second kappa shape index (κ2) is 10.1. The molecule has 0 aliphatic heterocycles. The lowest BCUT2D eigenvalue weighted by Gasteiger charge is -2.20. The summed E-state index contributed by atoms with van der Waals surface area (Å²) in [6.07, 6.45) is 5.65. The molecule has 1 atom stereocenters. The zero-order chi connectivity index (χ0) is 23.2. The maximum atomic E-state index is 12.8. The SMILES string of the molecule is CC(CNC(=O)c1ccccc1Nc1ccc2c(/C=C/c3ccccn3)n[nH]c2c1)N(C)C. The summed E-state index contributed by atoms with van der Waals surface area (Å²) in [7, 11) is 4.00. The molecule has 33 heavy (non-hydrogen) atoms. The summed E-state index contributed by atoms with van der Waals surface area (Å²) in [6, 6.07) is 19.5. The van der Waals surface area contributed by atoms with Crippen molar-refractivity contribution in [1.29, 1.82) is 0 Å². The maximum absolute atomic E-state index is 12.8. The third kappa shape index (κ3) is 5.45. The Bertz CT molecular complexity index is 1260. The van der Waals surface area contributed by atoms with Gasteiger partial charge in [0.05, 0.1) is 28.2 Å². The van der Waals surface area contributed by atoms with Crippen molar-refractivity contribution in [3.63, 3.8) is 0 Å². The number of aromatic nitrogens is 3. The van der Waals surface area contributed by atoms with Crippen LogP contribution in [0.4, 0.5) is 11.4 Å². The largest absolute Gasteiger partial charge is 0.355 e. The van der Waals surface area contributed by atoms with Crippen LogP contribution in [0.5, 0.6) is 0 Å². The van der Waals surface area contributed by atoms with Gasteiger partial charge in [0.25, 0.3) is 5.91 Å². The number of hydrogen-bond acceptors (Lipinski definition) is 5. The molecule has 7 nitrogen and oxygen atoms in total. The number of pyridine rings is 1. The third-order valence-electron chi connectivity index (χ3n) is 5.58. The van der Waals surface area contributed by atoms with Crippen molar-refractivity contribution in [2.24, 2.45) is 0 Å². The van der Waals surface area contributed by atoms with Crippen LogP contribution in [0, 0.1) is 0 Å². The third-order valence-corrected chi connectivity index (χ3v) is 5.58. The van der Waals surface area contributed by atoms with Gasteiger partial charge in [-0.1, -0.05) is 18.2 Å². The predicted molar refractivity (Wildman–Crippen MR) is 134 cm³/mol. The standard InChI is InChI=1S/C26H28N6O/c1-18(32(2)3)17-28-26(33)22-9-4-5-10-23(22)29-20-11-13-21-24(30-31-25(21)16-20)14-12-19-8-6-7-15-27-19/h4-16,18,29H,17H2,1-3H3,(H,28,33)(H,30,31)/b14-12+. The minimum absolute atomic E-state index is 0.101. The van der Waals surface area contributed by atoms with Crippen molar-refractivity contribution in [2.45, 2.75) is 13.0 Å². The van der Waals surface area contributed by atoms with Crippen LogP contribution in [0.15, 0.2) is 66.9 Å². The molecule has 0 aliphatic rings. The first-order valence-electron chi connectivity index (χ1n) is 10.9. The van der Waals surface area contributed by atoms with Gasteiger partial charge in [-0.15, -0.1) is 0 Å². The van der Waals surface area contributed by atoms with Crippen molar-refractivity contribution >= 4 is 40.3 Å².